The summed E-state index contributed by atoms with van der Waals surface area (Å²) in [5, 5.41) is 2.10. The van der Waals surface area contributed by atoms with Crippen LogP contribution in [-0.4, -0.2) is 41.7 Å². The molecule has 0 radical (unpaired) electrons. The van der Waals surface area contributed by atoms with E-state index in [2.05, 4.69) is 61.3 Å². The van der Waals surface area contributed by atoms with Crippen LogP contribution >= 0.6 is 0 Å². The Hall–Kier alpha value is -0.900. The second-order valence-corrected chi connectivity index (χ2v) is 6.10. The van der Waals surface area contributed by atoms with Crippen LogP contribution in [0.4, 0.5) is 0 Å². The predicted molar refractivity (Wildman–Crippen MR) is 69.9 cm³/mol. The van der Waals surface area contributed by atoms with Gasteiger partial charge in [0.15, 0.2) is 0 Å². The van der Waals surface area contributed by atoms with Gasteiger partial charge in [-0.15, -0.1) is 0 Å². The monoisotopic (exact) mass is 244 g/mol. The average molecular weight is 244 g/mol. The van der Waals surface area contributed by atoms with Gasteiger partial charge in [-0.1, -0.05) is 30.3 Å². The Morgan fingerprint density at radius 3 is 2.67 bits per heavy atom. The first kappa shape index (κ1) is 11.0. The lowest BCUT2D eigenvalue weighted by Crippen LogP contribution is -2.35. The molecule has 0 aromatic heterocycles. The second-order valence-electron chi connectivity index (χ2n) is 6.10. The van der Waals surface area contributed by atoms with Crippen LogP contribution in [0.1, 0.15) is 24.9 Å². The molecule has 1 spiro atoms. The Labute approximate surface area is 108 Å². The normalized spacial score (nSPS) is 47.1. The van der Waals surface area contributed by atoms with E-state index in [1.807, 2.05) is 0 Å². The van der Waals surface area contributed by atoms with Crippen LogP contribution in [0.25, 0.3) is 0 Å². The van der Waals surface area contributed by atoms with E-state index < -0.39 is 0 Å². The first-order valence-corrected chi connectivity index (χ1v) is 6.84. The van der Waals surface area contributed by atoms with Crippen molar-refractivity contribution in [3.05, 3.63) is 35.9 Å². The molecule has 4 rings (SSSR count). The lowest BCUT2D eigenvalue weighted by molar-refractivity contribution is -0.158. The molecular weight excluding hydrogens is 224 g/mol. The topological polar surface area (TPSA) is 15.7 Å². The molecule has 2 aliphatic heterocycles. The third kappa shape index (κ3) is 1.15. The average Bonchev–Trinajstić information content (AvgIpc) is 2.94. The number of hydroxylamine groups is 2. The van der Waals surface area contributed by atoms with E-state index in [-0.39, 0.29) is 5.60 Å². The van der Waals surface area contributed by atoms with Crippen LogP contribution in [0.3, 0.4) is 0 Å². The van der Waals surface area contributed by atoms with Gasteiger partial charge < -0.3 is 0 Å². The molecule has 3 heteroatoms. The summed E-state index contributed by atoms with van der Waals surface area (Å²) in [6.07, 6.45) is 1.20. The molecule has 0 N–H and O–H groups in total. The van der Waals surface area contributed by atoms with E-state index in [0.29, 0.717) is 24.0 Å². The zero-order chi connectivity index (χ0) is 12.5. The molecule has 3 nitrogen and oxygen atoms in total. The standard InChI is InChI=1S/C15H20N2O/c1-10-13-14(11-7-5-4-6-8-11)17(3)18-15(13)9-12(15)16(10)2/h4-8,10,12-14H,9H2,1-3H3. The highest BCUT2D eigenvalue weighted by atomic mass is 16.7. The van der Waals surface area contributed by atoms with Crippen molar-refractivity contribution in [3.8, 4) is 0 Å². The maximum Gasteiger partial charge on any atom is 0.113 e. The Kier molecular flexibility index (Phi) is 2.04. The van der Waals surface area contributed by atoms with Crippen LogP contribution in [0.15, 0.2) is 30.3 Å². The fraction of sp³-hybridized carbons (Fsp3) is 0.600. The summed E-state index contributed by atoms with van der Waals surface area (Å²) in [5.41, 5.74) is 1.50. The summed E-state index contributed by atoms with van der Waals surface area (Å²) >= 11 is 0. The van der Waals surface area contributed by atoms with Crippen molar-refractivity contribution in [1.82, 2.24) is 9.96 Å². The van der Waals surface area contributed by atoms with Gasteiger partial charge in [0.05, 0.1) is 6.04 Å². The van der Waals surface area contributed by atoms with Crippen molar-refractivity contribution in [1.29, 1.82) is 0 Å². The molecule has 0 bridgehead atoms. The van der Waals surface area contributed by atoms with Crippen LogP contribution < -0.4 is 0 Å². The fourth-order valence-corrected chi connectivity index (χ4v) is 4.34. The predicted octanol–water partition coefficient (Wildman–Crippen LogP) is 2.07. The molecule has 5 unspecified atom stereocenters. The molecular formula is C15H20N2O. The van der Waals surface area contributed by atoms with Gasteiger partial charge in [-0.25, -0.2) is 0 Å². The van der Waals surface area contributed by atoms with Crippen LogP contribution in [0.2, 0.25) is 0 Å². The fourth-order valence-electron chi connectivity index (χ4n) is 4.34. The van der Waals surface area contributed by atoms with Crippen LogP contribution in [0.5, 0.6) is 0 Å². The summed E-state index contributed by atoms with van der Waals surface area (Å²) < 4.78 is 0. The Balaban J connectivity index is 1.76. The van der Waals surface area contributed by atoms with Crippen molar-refractivity contribution < 1.29 is 4.84 Å². The van der Waals surface area contributed by atoms with Gasteiger partial charge in [0.2, 0.25) is 0 Å². The van der Waals surface area contributed by atoms with Gasteiger partial charge in [-0.3, -0.25) is 9.74 Å². The Bertz CT molecular complexity index is 477. The van der Waals surface area contributed by atoms with Gasteiger partial charge in [-0.05, 0) is 26.0 Å². The minimum Gasteiger partial charge on any atom is -0.297 e. The maximum atomic E-state index is 6.25. The van der Waals surface area contributed by atoms with E-state index in [1.54, 1.807) is 0 Å². The van der Waals surface area contributed by atoms with Gasteiger partial charge >= 0.3 is 0 Å². The number of likely N-dealkylation sites (N-methyl/N-ethyl adjacent to an activating group) is 1. The second kappa shape index (κ2) is 3.35. The number of rotatable bonds is 1. The largest absolute Gasteiger partial charge is 0.297 e. The number of nitrogens with zero attached hydrogens (tertiary/aromatic N) is 2. The summed E-state index contributed by atoms with van der Waals surface area (Å²) in [7, 11) is 4.33. The van der Waals surface area contributed by atoms with Crippen molar-refractivity contribution in [2.45, 2.75) is 37.1 Å². The highest BCUT2D eigenvalue weighted by Gasteiger charge is 2.75. The van der Waals surface area contributed by atoms with E-state index in [0.717, 1.165) is 0 Å². The van der Waals surface area contributed by atoms with E-state index in [4.69, 9.17) is 4.84 Å². The quantitative estimate of drug-likeness (QED) is 0.752. The highest BCUT2D eigenvalue weighted by molar-refractivity contribution is 5.32. The summed E-state index contributed by atoms with van der Waals surface area (Å²) in [6.45, 7) is 2.34. The molecule has 18 heavy (non-hydrogen) atoms. The molecule has 96 valence electrons. The molecule has 5 atom stereocenters. The first-order valence-electron chi connectivity index (χ1n) is 6.84. The number of hydrogen-bond donors (Lipinski definition) is 0. The molecule has 1 aromatic rings. The zero-order valence-electron chi connectivity index (χ0n) is 11.2. The molecule has 2 saturated heterocycles. The third-order valence-corrected chi connectivity index (χ3v) is 5.32. The number of benzene rings is 1. The number of hydrogen-bond acceptors (Lipinski definition) is 3. The van der Waals surface area contributed by atoms with Crippen LogP contribution in [0, 0.1) is 5.92 Å². The Morgan fingerprint density at radius 1 is 1.22 bits per heavy atom. The molecule has 2 heterocycles. The van der Waals surface area contributed by atoms with Gasteiger partial charge in [0.1, 0.15) is 5.60 Å². The summed E-state index contributed by atoms with van der Waals surface area (Å²) in [4.78, 5) is 8.75. The Morgan fingerprint density at radius 2 is 1.94 bits per heavy atom. The molecule has 1 aromatic carbocycles. The van der Waals surface area contributed by atoms with Gasteiger partial charge in [0.25, 0.3) is 0 Å². The first-order chi connectivity index (χ1) is 8.65. The number of likely N-dealkylation sites (tertiary alicyclic amines) is 1. The van der Waals surface area contributed by atoms with Crippen molar-refractivity contribution in [2.75, 3.05) is 14.1 Å². The molecule has 0 amide bonds. The maximum absolute atomic E-state index is 6.25. The molecule has 3 fully saturated rings. The summed E-state index contributed by atoms with van der Waals surface area (Å²) in [5.74, 6) is 0.597. The van der Waals surface area contributed by atoms with Gasteiger partial charge in [0, 0.05) is 25.0 Å². The lowest BCUT2D eigenvalue weighted by atomic mass is 9.84. The van der Waals surface area contributed by atoms with E-state index >= 15 is 0 Å². The minimum absolute atomic E-state index is 0.115. The van der Waals surface area contributed by atoms with Gasteiger partial charge in [-0.2, -0.15) is 5.06 Å². The third-order valence-electron chi connectivity index (χ3n) is 5.32. The minimum atomic E-state index is 0.115. The smallest absolute Gasteiger partial charge is 0.113 e. The highest BCUT2D eigenvalue weighted by Crippen LogP contribution is 2.65. The van der Waals surface area contributed by atoms with E-state index in [9.17, 15) is 0 Å². The summed E-state index contributed by atoms with van der Waals surface area (Å²) in [6, 6.07) is 12.4. The molecule has 1 saturated carbocycles. The SMILES string of the molecule is CC1C2C(c3ccccc3)N(C)OC23CC3N1C. The van der Waals surface area contributed by atoms with E-state index in [1.165, 1.54) is 12.0 Å². The number of piperidine rings is 1. The molecule has 3 aliphatic rings. The lowest BCUT2D eigenvalue weighted by Gasteiger charge is -2.29. The van der Waals surface area contributed by atoms with Crippen molar-refractivity contribution in [3.63, 3.8) is 0 Å². The van der Waals surface area contributed by atoms with Crippen molar-refractivity contribution in [2.24, 2.45) is 5.92 Å². The molecule has 1 aliphatic carbocycles. The zero-order valence-corrected chi connectivity index (χ0v) is 11.2. The van der Waals surface area contributed by atoms with Crippen molar-refractivity contribution >= 4 is 0 Å². The van der Waals surface area contributed by atoms with Crippen LogP contribution in [-0.2, 0) is 4.84 Å².